The first-order valence-corrected chi connectivity index (χ1v) is 11.4. The number of benzene rings is 2. The Balaban J connectivity index is 2.14. The number of sulfonamides is 1. The van der Waals surface area contributed by atoms with Crippen LogP contribution in [0.2, 0.25) is 0 Å². The van der Waals surface area contributed by atoms with Gasteiger partial charge in [0.25, 0.3) is 5.91 Å². The molecule has 170 valence electrons. The van der Waals surface area contributed by atoms with E-state index in [4.69, 9.17) is 10.00 Å². The lowest BCUT2D eigenvalue weighted by molar-refractivity contribution is -0.121. The maximum Gasteiger partial charge on any atom is 0.338 e. The van der Waals surface area contributed by atoms with Gasteiger partial charge < -0.3 is 9.64 Å². The fourth-order valence-corrected chi connectivity index (χ4v) is 4.47. The molecule has 0 aliphatic heterocycles. The predicted molar refractivity (Wildman–Crippen MR) is 116 cm³/mol. The van der Waals surface area contributed by atoms with E-state index in [0.29, 0.717) is 5.69 Å². The van der Waals surface area contributed by atoms with Crippen molar-refractivity contribution in [3.8, 4) is 6.07 Å². The van der Waals surface area contributed by atoms with Gasteiger partial charge in [-0.3, -0.25) is 4.79 Å². The fourth-order valence-electron chi connectivity index (χ4n) is 2.97. The van der Waals surface area contributed by atoms with Crippen molar-refractivity contribution >= 4 is 27.6 Å². The average molecular weight is 462 g/mol. The summed E-state index contributed by atoms with van der Waals surface area (Å²) in [6.07, 6.45) is 0.0301. The van der Waals surface area contributed by atoms with E-state index in [2.05, 4.69) is 0 Å². The molecule has 0 atom stereocenters. The number of hydrogen-bond acceptors (Lipinski definition) is 6. The predicted octanol–water partition coefficient (Wildman–Crippen LogP) is 2.96. The molecule has 0 saturated carbocycles. The Kier molecular flexibility index (Phi) is 8.87. The lowest BCUT2D eigenvalue weighted by Crippen LogP contribution is -2.35. The quantitative estimate of drug-likeness (QED) is 0.504. The third-order valence-electron chi connectivity index (χ3n) is 4.63. The highest BCUT2D eigenvalue weighted by Gasteiger charge is 2.23. The molecule has 0 heterocycles. The highest BCUT2D eigenvalue weighted by Crippen LogP contribution is 2.18. The molecule has 10 heteroatoms. The molecule has 0 unspecified atom stereocenters. The first-order chi connectivity index (χ1) is 15.2. The summed E-state index contributed by atoms with van der Waals surface area (Å²) in [5.74, 6) is -1.95. The Bertz CT molecular complexity index is 1090. The molecule has 0 aliphatic rings. The van der Waals surface area contributed by atoms with Crippen molar-refractivity contribution in [3.05, 3.63) is 59.9 Å². The molecule has 0 bridgehead atoms. The van der Waals surface area contributed by atoms with Gasteiger partial charge in [-0.05, 0) is 42.5 Å². The van der Waals surface area contributed by atoms with Crippen molar-refractivity contribution in [3.63, 3.8) is 0 Å². The van der Waals surface area contributed by atoms with Crippen molar-refractivity contribution in [1.29, 1.82) is 5.26 Å². The second-order valence-corrected chi connectivity index (χ2v) is 8.56. The molecular weight excluding hydrogens is 437 g/mol. The fraction of sp³-hybridized carbons (Fsp3) is 0.318. The van der Waals surface area contributed by atoms with Gasteiger partial charge in [0.2, 0.25) is 10.0 Å². The third-order valence-corrected chi connectivity index (χ3v) is 6.67. The van der Waals surface area contributed by atoms with E-state index < -0.39 is 34.3 Å². The number of rotatable bonds is 10. The Morgan fingerprint density at radius 1 is 1.09 bits per heavy atom. The van der Waals surface area contributed by atoms with E-state index in [1.54, 1.807) is 13.8 Å². The number of esters is 1. The van der Waals surface area contributed by atoms with Crippen molar-refractivity contribution < 1.29 is 27.1 Å². The van der Waals surface area contributed by atoms with Gasteiger partial charge in [0, 0.05) is 25.3 Å². The van der Waals surface area contributed by atoms with Crippen LogP contribution in [0.1, 0.15) is 30.6 Å². The topological polar surface area (TPSA) is 108 Å². The lowest BCUT2D eigenvalue weighted by Gasteiger charge is -2.21. The molecule has 2 aromatic carbocycles. The van der Waals surface area contributed by atoms with E-state index in [1.807, 2.05) is 6.07 Å². The summed E-state index contributed by atoms with van der Waals surface area (Å²) in [5.41, 5.74) is 0.339. The van der Waals surface area contributed by atoms with E-state index >= 15 is 0 Å². The normalized spacial score (nSPS) is 11.1. The summed E-state index contributed by atoms with van der Waals surface area (Å²) >= 11 is 0. The molecule has 0 spiro atoms. The summed E-state index contributed by atoms with van der Waals surface area (Å²) < 4.78 is 44.9. The molecule has 0 fully saturated rings. The number of amides is 1. The highest BCUT2D eigenvalue weighted by atomic mass is 32.2. The average Bonchev–Trinajstić information content (AvgIpc) is 2.79. The molecular formula is C22H24FN3O5S. The third kappa shape index (κ3) is 6.12. The van der Waals surface area contributed by atoms with E-state index in [0.717, 1.165) is 0 Å². The zero-order chi connectivity index (χ0) is 23.7. The van der Waals surface area contributed by atoms with Crippen LogP contribution in [0.25, 0.3) is 0 Å². The van der Waals surface area contributed by atoms with Gasteiger partial charge in [0.1, 0.15) is 5.82 Å². The van der Waals surface area contributed by atoms with E-state index in [1.165, 1.54) is 57.7 Å². The highest BCUT2D eigenvalue weighted by molar-refractivity contribution is 7.89. The minimum Gasteiger partial charge on any atom is -0.452 e. The standard InChI is InChI=1S/C22H24FN3O5S/c1-3-25(4-2)32(29,30)20-8-5-7-17(15-20)22(28)31-16-21(27)26(14-6-13-24)19-11-9-18(23)10-12-19/h5,7-12,15H,3-4,6,14,16H2,1-2H3. The molecule has 8 nitrogen and oxygen atoms in total. The van der Waals surface area contributed by atoms with E-state index in [-0.39, 0.29) is 36.5 Å². The SMILES string of the molecule is CCN(CC)S(=O)(=O)c1cccc(C(=O)OCC(=O)N(CCC#N)c2ccc(F)cc2)c1. The number of hydrogen-bond donors (Lipinski definition) is 0. The Labute approximate surface area is 186 Å². The van der Waals surface area contributed by atoms with Crippen LogP contribution in [0.3, 0.4) is 0 Å². The minimum atomic E-state index is -3.76. The van der Waals surface area contributed by atoms with Crippen molar-refractivity contribution in [1.82, 2.24) is 4.31 Å². The number of anilines is 1. The Morgan fingerprint density at radius 2 is 1.75 bits per heavy atom. The molecule has 0 N–H and O–H groups in total. The van der Waals surface area contributed by atoms with Crippen LogP contribution in [0, 0.1) is 17.1 Å². The number of carbonyl (C=O) groups is 2. The second kappa shape index (κ2) is 11.4. The van der Waals surface area contributed by atoms with Gasteiger partial charge in [0.05, 0.1) is 22.9 Å². The van der Waals surface area contributed by atoms with Crippen molar-refractivity contribution in [2.45, 2.75) is 25.2 Å². The number of carbonyl (C=O) groups excluding carboxylic acids is 2. The summed E-state index contributed by atoms with van der Waals surface area (Å²) in [4.78, 5) is 26.2. The molecule has 0 aliphatic carbocycles. The van der Waals surface area contributed by atoms with E-state index in [9.17, 15) is 22.4 Å². The molecule has 2 aromatic rings. The van der Waals surface area contributed by atoms with Crippen LogP contribution >= 0.6 is 0 Å². The zero-order valence-corrected chi connectivity index (χ0v) is 18.6. The number of nitrogens with zero attached hydrogens (tertiary/aromatic N) is 3. The van der Waals surface area contributed by atoms with Gasteiger partial charge in [-0.25, -0.2) is 17.6 Å². The van der Waals surface area contributed by atoms with Crippen LogP contribution in [0.4, 0.5) is 10.1 Å². The smallest absolute Gasteiger partial charge is 0.338 e. The summed E-state index contributed by atoms with van der Waals surface area (Å²) in [6.45, 7) is 3.40. The Hall–Kier alpha value is -3.29. The monoisotopic (exact) mass is 461 g/mol. The van der Waals surface area contributed by atoms with Gasteiger partial charge in [-0.1, -0.05) is 19.9 Å². The molecule has 2 rings (SSSR count). The summed E-state index contributed by atoms with van der Waals surface area (Å²) in [7, 11) is -3.76. The van der Waals surface area contributed by atoms with Crippen molar-refractivity contribution in [2.24, 2.45) is 0 Å². The molecule has 0 aromatic heterocycles. The van der Waals surface area contributed by atoms with Crippen LogP contribution < -0.4 is 4.90 Å². The zero-order valence-electron chi connectivity index (χ0n) is 17.8. The lowest BCUT2D eigenvalue weighted by atomic mass is 10.2. The maximum absolute atomic E-state index is 13.2. The summed E-state index contributed by atoms with van der Waals surface area (Å²) in [5, 5.41) is 8.84. The van der Waals surface area contributed by atoms with Crippen LogP contribution in [0.5, 0.6) is 0 Å². The number of nitriles is 1. The Morgan fingerprint density at radius 3 is 2.34 bits per heavy atom. The molecule has 0 radical (unpaired) electrons. The first-order valence-electron chi connectivity index (χ1n) is 9.94. The molecule has 1 amide bonds. The minimum absolute atomic E-state index is 0.0172. The van der Waals surface area contributed by atoms with Gasteiger partial charge in [0.15, 0.2) is 6.61 Å². The van der Waals surface area contributed by atoms with Crippen LogP contribution in [-0.4, -0.2) is 50.8 Å². The van der Waals surface area contributed by atoms with Gasteiger partial charge >= 0.3 is 5.97 Å². The first kappa shape index (κ1) is 25.0. The largest absolute Gasteiger partial charge is 0.452 e. The molecule has 32 heavy (non-hydrogen) atoms. The van der Waals surface area contributed by atoms with Crippen LogP contribution in [0.15, 0.2) is 53.4 Å². The van der Waals surface area contributed by atoms with Crippen molar-refractivity contribution in [2.75, 3.05) is 31.1 Å². The van der Waals surface area contributed by atoms with Gasteiger partial charge in [-0.2, -0.15) is 9.57 Å². The second-order valence-electron chi connectivity index (χ2n) is 6.62. The maximum atomic E-state index is 13.2. The number of ether oxygens (including phenoxy) is 1. The molecule has 0 saturated heterocycles. The number of halogens is 1. The van der Waals surface area contributed by atoms with Gasteiger partial charge in [-0.15, -0.1) is 0 Å². The summed E-state index contributed by atoms with van der Waals surface area (Å²) in [6, 6.07) is 12.4. The van der Waals surface area contributed by atoms with Crippen LogP contribution in [-0.2, 0) is 19.6 Å².